The standard InChI is InChI=1S/C13H16N2O4/c1-9(2)8-18-12(16)14-15-13(17)19-11-6-4-10(3)5-7-11/h4-7,9H,8H2,1-3H3/b15-14+. The molecule has 0 aliphatic carbocycles. The van der Waals surface area contributed by atoms with Gasteiger partial charge in [0.1, 0.15) is 5.75 Å². The molecule has 0 heterocycles. The van der Waals surface area contributed by atoms with E-state index in [1.54, 1.807) is 24.3 Å². The van der Waals surface area contributed by atoms with Crippen LogP contribution in [0.1, 0.15) is 19.4 Å². The summed E-state index contributed by atoms with van der Waals surface area (Å²) in [5, 5.41) is 6.21. The zero-order valence-electron chi connectivity index (χ0n) is 11.1. The molecule has 0 bridgehead atoms. The second-order valence-electron chi connectivity index (χ2n) is 4.35. The van der Waals surface area contributed by atoms with Crippen molar-refractivity contribution in [2.24, 2.45) is 16.1 Å². The van der Waals surface area contributed by atoms with Gasteiger partial charge in [-0.15, -0.1) is 0 Å². The van der Waals surface area contributed by atoms with Crippen molar-refractivity contribution in [3.63, 3.8) is 0 Å². The van der Waals surface area contributed by atoms with Crippen molar-refractivity contribution in [2.45, 2.75) is 20.8 Å². The van der Waals surface area contributed by atoms with E-state index in [4.69, 9.17) is 9.47 Å². The van der Waals surface area contributed by atoms with Gasteiger partial charge >= 0.3 is 12.2 Å². The number of hydrogen-bond acceptors (Lipinski definition) is 4. The summed E-state index contributed by atoms with van der Waals surface area (Å²) in [6.07, 6.45) is -1.88. The topological polar surface area (TPSA) is 77.3 Å². The average Bonchev–Trinajstić information content (AvgIpc) is 2.36. The number of benzene rings is 1. The maximum absolute atomic E-state index is 11.2. The Kier molecular flexibility index (Phi) is 5.66. The molecule has 102 valence electrons. The van der Waals surface area contributed by atoms with Crippen molar-refractivity contribution in [3.8, 4) is 5.75 Å². The minimum absolute atomic E-state index is 0.193. The first-order valence-electron chi connectivity index (χ1n) is 5.84. The molecule has 0 aliphatic heterocycles. The van der Waals surface area contributed by atoms with Gasteiger partial charge in [0.15, 0.2) is 0 Å². The van der Waals surface area contributed by atoms with Crippen LogP contribution in [0.4, 0.5) is 9.59 Å². The number of aryl methyl sites for hydroxylation is 1. The van der Waals surface area contributed by atoms with Gasteiger partial charge in [0.2, 0.25) is 0 Å². The predicted molar refractivity (Wildman–Crippen MR) is 68.2 cm³/mol. The third-order valence-electron chi connectivity index (χ3n) is 1.98. The fourth-order valence-electron chi connectivity index (χ4n) is 1.08. The summed E-state index contributed by atoms with van der Waals surface area (Å²) in [7, 11) is 0. The SMILES string of the molecule is Cc1ccc(OC(=O)/N=N/C(=O)OCC(C)C)cc1. The summed E-state index contributed by atoms with van der Waals surface area (Å²) in [4.78, 5) is 22.3. The van der Waals surface area contributed by atoms with Crippen LogP contribution < -0.4 is 4.74 Å². The van der Waals surface area contributed by atoms with E-state index < -0.39 is 12.2 Å². The van der Waals surface area contributed by atoms with Gasteiger partial charge in [-0.3, -0.25) is 0 Å². The Labute approximate surface area is 111 Å². The van der Waals surface area contributed by atoms with Crippen LogP contribution in [-0.4, -0.2) is 18.8 Å². The third-order valence-corrected chi connectivity index (χ3v) is 1.98. The van der Waals surface area contributed by atoms with E-state index >= 15 is 0 Å². The first-order valence-corrected chi connectivity index (χ1v) is 5.84. The van der Waals surface area contributed by atoms with E-state index in [9.17, 15) is 9.59 Å². The number of hydrogen-bond donors (Lipinski definition) is 0. The number of amides is 2. The maximum atomic E-state index is 11.2. The summed E-state index contributed by atoms with van der Waals surface area (Å²) in [5.74, 6) is 0.531. The monoisotopic (exact) mass is 264 g/mol. The minimum Gasteiger partial charge on any atom is -0.447 e. The fraction of sp³-hybridized carbons (Fsp3) is 0.385. The number of carbonyl (C=O) groups is 2. The molecule has 0 atom stereocenters. The number of carbonyl (C=O) groups excluding carboxylic acids is 2. The Hall–Kier alpha value is -2.24. The zero-order chi connectivity index (χ0) is 14.3. The second-order valence-corrected chi connectivity index (χ2v) is 4.35. The number of azo groups is 1. The first-order chi connectivity index (χ1) is 8.97. The lowest BCUT2D eigenvalue weighted by molar-refractivity contribution is 0.141. The van der Waals surface area contributed by atoms with E-state index in [0.29, 0.717) is 5.75 Å². The molecule has 0 unspecified atom stereocenters. The van der Waals surface area contributed by atoms with Crippen LogP contribution in [-0.2, 0) is 4.74 Å². The molecular formula is C13H16N2O4. The largest absolute Gasteiger partial charge is 0.458 e. The molecule has 19 heavy (non-hydrogen) atoms. The van der Waals surface area contributed by atoms with Gasteiger partial charge in [0.25, 0.3) is 0 Å². The van der Waals surface area contributed by atoms with Gasteiger partial charge in [0.05, 0.1) is 6.61 Å². The Morgan fingerprint density at radius 2 is 1.68 bits per heavy atom. The lowest BCUT2D eigenvalue weighted by atomic mass is 10.2. The fourth-order valence-corrected chi connectivity index (χ4v) is 1.08. The molecule has 1 aromatic carbocycles. The Balaban J connectivity index is 2.42. The molecule has 1 aromatic rings. The van der Waals surface area contributed by atoms with Crippen molar-refractivity contribution < 1.29 is 19.1 Å². The van der Waals surface area contributed by atoms with E-state index in [0.717, 1.165) is 5.56 Å². The van der Waals surface area contributed by atoms with Crippen molar-refractivity contribution in [3.05, 3.63) is 29.8 Å². The van der Waals surface area contributed by atoms with Crippen LogP contribution in [0.25, 0.3) is 0 Å². The van der Waals surface area contributed by atoms with Crippen LogP contribution in [0, 0.1) is 12.8 Å². The van der Waals surface area contributed by atoms with Crippen molar-refractivity contribution in [2.75, 3.05) is 6.61 Å². The number of nitrogens with zero attached hydrogens (tertiary/aromatic N) is 2. The second kappa shape index (κ2) is 7.25. The highest BCUT2D eigenvalue weighted by atomic mass is 16.6. The molecule has 1 rings (SSSR count). The molecule has 6 nitrogen and oxygen atoms in total. The molecule has 0 fully saturated rings. The van der Waals surface area contributed by atoms with E-state index in [1.807, 2.05) is 20.8 Å². The lowest BCUT2D eigenvalue weighted by Gasteiger charge is -2.02. The third kappa shape index (κ3) is 6.30. The summed E-state index contributed by atoms with van der Waals surface area (Å²) < 4.78 is 9.55. The number of rotatable bonds is 3. The average molecular weight is 264 g/mol. The summed E-state index contributed by atoms with van der Waals surface area (Å²) >= 11 is 0. The lowest BCUT2D eigenvalue weighted by Crippen LogP contribution is -2.07. The van der Waals surface area contributed by atoms with E-state index in [1.165, 1.54) is 0 Å². The molecule has 0 saturated heterocycles. The van der Waals surface area contributed by atoms with Crippen LogP contribution in [0.5, 0.6) is 5.75 Å². The molecule has 6 heteroatoms. The van der Waals surface area contributed by atoms with Crippen LogP contribution in [0.2, 0.25) is 0 Å². The van der Waals surface area contributed by atoms with Crippen molar-refractivity contribution in [1.29, 1.82) is 0 Å². The highest BCUT2D eigenvalue weighted by molar-refractivity contribution is 5.74. The van der Waals surface area contributed by atoms with Crippen LogP contribution in [0.3, 0.4) is 0 Å². The molecule has 2 amide bonds. The quantitative estimate of drug-likeness (QED) is 0.779. The zero-order valence-corrected chi connectivity index (χ0v) is 11.1. The van der Waals surface area contributed by atoms with Gasteiger partial charge in [-0.1, -0.05) is 41.8 Å². The molecular weight excluding hydrogens is 248 g/mol. The highest BCUT2D eigenvalue weighted by Crippen LogP contribution is 2.12. The molecule has 0 spiro atoms. The molecule has 0 radical (unpaired) electrons. The van der Waals surface area contributed by atoms with Gasteiger partial charge < -0.3 is 9.47 Å². The molecule has 0 N–H and O–H groups in total. The molecule has 0 aromatic heterocycles. The maximum Gasteiger partial charge on any atom is 0.458 e. The summed E-state index contributed by atoms with van der Waals surface area (Å²) in [5.41, 5.74) is 1.04. The van der Waals surface area contributed by atoms with E-state index in [-0.39, 0.29) is 12.5 Å². The van der Waals surface area contributed by atoms with Gasteiger partial charge in [-0.05, 0) is 25.0 Å². The van der Waals surface area contributed by atoms with Crippen molar-refractivity contribution >= 4 is 12.2 Å². The summed E-state index contributed by atoms with van der Waals surface area (Å²) in [6, 6.07) is 6.83. The van der Waals surface area contributed by atoms with Gasteiger partial charge in [-0.2, -0.15) is 0 Å². The smallest absolute Gasteiger partial charge is 0.447 e. The highest BCUT2D eigenvalue weighted by Gasteiger charge is 2.06. The Bertz CT molecular complexity index is 466. The number of ether oxygens (including phenoxy) is 2. The predicted octanol–water partition coefficient (Wildman–Crippen LogP) is 3.74. The molecule has 0 saturated carbocycles. The Morgan fingerprint density at radius 3 is 2.26 bits per heavy atom. The van der Waals surface area contributed by atoms with Crippen LogP contribution in [0.15, 0.2) is 34.5 Å². The normalized spacial score (nSPS) is 10.7. The molecule has 0 aliphatic rings. The van der Waals surface area contributed by atoms with Gasteiger partial charge in [-0.25, -0.2) is 9.59 Å². The first kappa shape index (κ1) is 14.8. The summed E-state index contributed by atoms with van der Waals surface area (Å²) in [6.45, 7) is 5.91. The van der Waals surface area contributed by atoms with Gasteiger partial charge in [0, 0.05) is 0 Å². The van der Waals surface area contributed by atoms with Crippen molar-refractivity contribution in [1.82, 2.24) is 0 Å². The Morgan fingerprint density at radius 1 is 1.11 bits per heavy atom. The minimum atomic E-state index is -0.967. The van der Waals surface area contributed by atoms with E-state index in [2.05, 4.69) is 10.2 Å². The van der Waals surface area contributed by atoms with Crippen LogP contribution >= 0.6 is 0 Å².